The van der Waals surface area contributed by atoms with Crippen molar-refractivity contribution in [1.82, 2.24) is 0 Å². The maximum Gasteiger partial charge on any atom is 0.303 e. The van der Waals surface area contributed by atoms with Gasteiger partial charge in [0, 0.05) is 40.5 Å². The summed E-state index contributed by atoms with van der Waals surface area (Å²) in [5, 5.41) is 0. The molecule has 0 bridgehead atoms. The largest absolute Gasteiger partial charge is 0.462 e. The zero-order chi connectivity index (χ0) is 20.8. The van der Waals surface area contributed by atoms with E-state index in [1.165, 1.54) is 27.7 Å². The third kappa shape index (κ3) is 6.45. The predicted molar refractivity (Wildman–Crippen MR) is 90.9 cm³/mol. The SMILES string of the molecule is CC(=O)OC[C@H](OC(C)=O)[C@H]1C[C@H]2O[C@H]([C@@H](COC(C)=O)OC(C)=O)C[C@H]2O1. The molecule has 28 heavy (non-hydrogen) atoms. The summed E-state index contributed by atoms with van der Waals surface area (Å²) in [4.78, 5) is 44.8. The van der Waals surface area contributed by atoms with Crippen molar-refractivity contribution >= 4 is 23.9 Å². The van der Waals surface area contributed by atoms with Gasteiger partial charge in [-0.25, -0.2) is 0 Å². The van der Waals surface area contributed by atoms with Crippen LogP contribution in [-0.4, -0.2) is 73.7 Å². The standard InChI is InChI=1S/C18H26O10/c1-9(19)23-7-17(25-11(3)21)15-5-13-14(27-15)6-16(28-13)18(26-12(4)22)8-24-10(2)20/h13-18H,5-8H2,1-4H3/t13-,14-,15-,16+,17+,18-/m1/s1. The third-order valence-corrected chi connectivity index (χ3v) is 4.41. The Morgan fingerprint density at radius 2 is 1.07 bits per heavy atom. The van der Waals surface area contributed by atoms with Gasteiger partial charge in [0.05, 0.1) is 12.2 Å². The lowest BCUT2D eigenvalue weighted by Crippen LogP contribution is -2.39. The molecule has 0 amide bonds. The molecule has 2 saturated heterocycles. The van der Waals surface area contributed by atoms with E-state index in [2.05, 4.69) is 0 Å². The summed E-state index contributed by atoms with van der Waals surface area (Å²) in [5.41, 5.74) is 0. The Labute approximate surface area is 162 Å². The van der Waals surface area contributed by atoms with Crippen molar-refractivity contribution in [3.05, 3.63) is 0 Å². The van der Waals surface area contributed by atoms with Crippen LogP contribution in [0.5, 0.6) is 0 Å². The van der Waals surface area contributed by atoms with Gasteiger partial charge in [0.1, 0.15) is 25.4 Å². The van der Waals surface area contributed by atoms with Crippen molar-refractivity contribution in [3.8, 4) is 0 Å². The molecule has 0 spiro atoms. The smallest absolute Gasteiger partial charge is 0.303 e. The molecule has 0 aromatic rings. The van der Waals surface area contributed by atoms with E-state index >= 15 is 0 Å². The van der Waals surface area contributed by atoms with Gasteiger partial charge in [-0.15, -0.1) is 0 Å². The molecule has 2 rings (SSSR count). The van der Waals surface area contributed by atoms with Crippen LogP contribution in [0.25, 0.3) is 0 Å². The van der Waals surface area contributed by atoms with Gasteiger partial charge >= 0.3 is 23.9 Å². The minimum Gasteiger partial charge on any atom is -0.462 e. The Kier molecular flexibility index (Phi) is 7.76. The van der Waals surface area contributed by atoms with E-state index < -0.39 is 48.3 Å². The molecule has 2 fully saturated rings. The molecule has 158 valence electrons. The van der Waals surface area contributed by atoms with Gasteiger partial charge in [-0.3, -0.25) is 19.2 Å². The lowest BCUT2D eigenvalue weighted by Gasteiger charge is -2.26. The fourth-order valence-electron chi connectivity index (χ4n) is 3.35. The Bertz CT molecular complexity index is 539. The average Bonchev–Trinajstić information content (AvgIpc) is 3.13. The average molecular weight is 402 g/mol. The van der Waals surface area contributed by atoms with Gasteiger partial charge in [-0.2, -0.15) is 0 Å². The normalized spacial score (nSPS) is 28.0. The van der Waals surface area contributed by atoms with E-state index in [0.717, 1.165) is 0 Å². The number of rotatable bonds is 8. The van der Waals surface area contributed by atoms with Crippen LogP contribution in [0.2, 0.25) is 0 Å². The first-order chi connectivity index (χ1) is 13.2. The van der Waals surface area contributed by atoms with Crippen molar-refractivity contribution in [2.75, 3.05) is 13.2 Å². The first-order valence-electron chi connectivity index (χ1n) is 9.07. The van der Waals surface area contributed by atoms with Crippen LogP contribution >= 0.6 is 0 Å². The predicted octanol–water partition coefficient (Wildman–Crippen LogP) is 0.291. The fraction of sp³-hybridized carbons (Fsp3) is 0.778. The molecular weight excluding hydrogens is 376 g/mol. The zero-order valence-electron chi connectivity index (χ0n) is 16.4. The van der Waals surface area contributed by atoms with Crippen LogP contribution in [0, 0.1) is 0 Å². The zero-order valence-corrected chi connectivity index (χ0v) is 16.4. The molecule has 10 nitrogen and oxygen atoms in total. The van der Waals surface area contributed by atoms with Crippen LogP contribution < -0.4 is 0 Å². The summed E-state index contributed by atoms with van der Waals surface area (Å²) < 4.78 is 32.2. The van der Waals surface area contributed by atoms with Crippen LogP contribution in [0.15, 0.2) is 0 Å². The van der Waals surface area contributed by atoms with E-state index in [1.807, 2.05) is 0 Å². The molecule has 0 aromatic carbocycles. The van der Waals surface area contributed by atoms with Gasteiger partial charge in [0.25, 0.3) is 0 Å². The minimum absolute atomic E-state index is 0.106. The first kappa shape index (κ1) is 22.1. The van der Waals surface area contributed by atoms with Crippen molar-refractivity contribution in [2.24, 2.45) is 0 Å². The van der Waals surface area contributed by atoms with Gasteiger partial charge in [0.2, 0.25) is 0 Å². The second-order valence-electron chi connectivity index (χ2n) is 6.80. The molecular formula is C18H26O10. The lowest BCUT2D eigenvalue weighted by molar-refractivity contribution is -0.168. The maximum absolute atomic E-state index is 11.3. The second-order valence-corrected chi connectivity index (χ2v) is 6.80. The Morgan fingerprint density at radius 1 is 0.714 bits per heavy atom. The Hall–Kier alpha value is -2.20. The molecule has 6 atom stereocenters. The molecule has 0 aliphatic carbocycles. The van der Waals surface area contributed by atoms with Crippen molar-refractivity contribution in [1.29, 1.82) is 0 Å². The van der Waals surface area contributed by atoms with E-state index in [9.17, 15) is 19.2 Å². The molecule has 10 heteroatoms. The van der Waals surface area contributed by atoms with Crippen LogP contribution in [0.1, 0.15) is 40.5 Å². The van der Waals surface area contributed by atoms with Crippen LogP contribution in [-0.2, 0) is 47.6 Å². The summed E-state index contributed by atoms with van der Waals surface area (Å²) in [6.45, 7) is 4.85. The van der Waals surface area contributed by atoms with E-state index in [0.29, 0.717) is 12.8 Å². The maximum atomic E-state index is 11.3. The molecule has 0 saturated carbocycles. The summed E-state index contributed by atoms with van der Waals surface area (Å²) in [7, 11) is 0. The van der Waals surface area contributed by atoms with E-state index in [1.54, 1.807) is 0 Å². The van der Waals surface area contributed by atoms with E-state index in [-0.39, 0.29) is 25.4 Å². The highest BCUT2D eigenvalue weighted by atomic mass is 16.6. The topological polar surface area (TPSA) is 124 Å². The number of hydrogen-bond acceptors (Lipinski definition) is 10. The molecule has 2 aliphatic rings. The highest BCUT2D eigenvalue weighted by Crippen LogP contribution is 2.37. The Morgan fingerprint density at radius 3 is 1.36 bits per heavy atom. The van der Waals surface area contributed by atoms with Crippen molar-refractivity contribution < 1.29 is 47.6 Å². The lowest BCUT2D eigenvalue weighted by atomic mass is 10.1. The number of carbonyl (C=O) groups is 4. The first-order valence-corrected chi connectivity index (χ1v) is 9.07. The summed E-state index contributed by atoms with van der Waals surface area (Å²) in [5.74, 6) is -1.98. The van der Waals surface area contributed by atoms with Crippen molar-refractivity contribution in [3.63, 3.8) is 0 Å². The van der Waals surface area contributed by atoms with Crippen LogP contribution in [0.3, 0.4) is 0 Å². The molecule has 0 aromatic heterocycles. The molecule has 0 N–H and O–H groups in total. The highest BCUT2D eigenvalue weighted by molar-refractivity contribution is 5.67. The van der Waals surface area contributed by atoms with Crippen molar-refractivity contribution in [2.45, 2.75) is 77.2 Å². The monoisotopic (exact) mass is 402 g/mol. The second kappa shape index (κ2) is 9.83. The van der Waals surface area contributed by atoms with Gasteiger partial charge in [0.15, 0.2) is 12.2 Å². The Balaban J connectivity index is 1.95. The van der Waals surface area contributed by atoms with Gasteiger partial charge in [-0.05, 0) is 0 Å². The van der Waals surface area contributed by atoms with Gasteiger partial charge in [-0.1, -0.05) is 0 Å². The minimum atomic E-state index is -0.737. The molecule has 0 unspecified atom stereocenters. The summed E-state index contributed by atoms with van der Waals surface area (Å²) in [6, 6.07) is 0. The number of ether oxygens (including phenoxy) is 6. The summed E-state index contributed by atoms with van der Waals surface area (Å²) >= 11 is 0. The number of carbonyl (C=O) groups excluding carboxylic acids is 4. The molecule has 2 heterocycles. The quantitative estimate of drug-likeness (QED) is 0.413. The number of hydrogen-bond donors (Lipinski definition) is 0. The van der Waals surface area contributed by atoms with E-state index in [4.69, 9.17) is 28.4 Å². The number of fused-ring (bicyclic) bond motifs is 1. The van der Waals surface area contributed by atoms with Crippen LogP contribution in [0.4, 0.5) is 0 Å². The summed E-state index contributed by atoms with van der Waals surface area (Å²) in [6.07, 6.45) is -2.22. The molecule has 0 radical (unpaired) electrons. The number of esters is 4. The molecule has 2 aliphatic heterocycles. The fourth-order valence-corrected chi connectivity index (χ4v) is 3.35. The van der Waals surface area contributed by atoms with Gasteiger partial charge < -0.3 is 28.4 Å². The highest BCUT2D eigenvalue weighted by Gasteiger charge is 2.49. The third-order valence-electron chi connectivity index (χ3n) is 4.41.